The van der Waals surface area contributed by atoms with Crippen molar-refractivity contribution in [3.63, 3.8) is 0 Å². The Labute approximate surface area is 268 Å². The summed E-state index contributed by atoms with van der Waals surface area (Å²) in [6.45, 7) is 17.5. The van der Waals surface area contributed by atoms with Gasteiger partial charge >= 0.3 is 0 Å². The molecule has 3 rings (SSSR count). The highest BCUT2D eigenvalue weighted by atomic mass is 32.2. The summed E-state index contributed by atoms with van der Waals surface area (Å²) in [4.78, 5) is 13.7. The zero-order valence-electron chi connectivity index (χ0n) is 26.4. The third-order valence-electron chi connectivity index (χ3n) is 5.86. The number of ether oxygens (including phenoxy) is 1. The Hall–Kier alpha value is -3.45. The highest BCUT2D eigenvalue weighted by Gasteiger charge is 2.11. The van der Waals surface area contributed by atoms with Gasteiger partial charge in [-0.3, -0.25) is 4.79 Å². The lowest BCUT2D eigenvalue weighted by atomic mass is 10.1. The molecule has 43 heavy (non-hydrogen) atoms. The number of hydrogen-bond donors (Lipinski definition) is 2. The van der Waals surface area contributed by atoms with Crippen molar-refractivity contribution >= 4 is 41.2 Å². The standard InChI is InChI=1S/C22H30N2OS2.C8H10O.C7H8/c1-6-9-17(4)27-22(21(23)10-7-2)18(5)26-14-16(3)19-11-8-12-20(13-19)24-15-25;1-9-7-8-5-3-2-4-6-8;1-7-5-3-2-4-6-7/h8,11-15H,4-7,9-10,23H2,1-3H3,(H,24,25);2-6H,7H2,1H3;2-6H,1H3/b16-14+,22-21+;;. The number of anilines is 1. The van der Waals surface area contributed by atoms with E-state index in [2.05, 4.69) is 56.8 Å². The third kappa shape index (κ3) is 16.7. The van der Waals surface area contributed by atoms with Gasteiger partial charge in [-0.25, -0.2) is 0 Å². The summed E-state index contributed by atoms with van der Waals surface area (Å²) >= 11 is 3.22. The smallest absolute Gasteiger partial charge is 0.211 e. The number of methoxy groups -OCH3 is 1. The zero-order valence-corrected chi connectivity index (χ0v) is 28.0. The van der Waals surface area contributed by atoms with E-state index >= 15 is 0 Å². The number of allylic oxidation sites excluding steroid dienone is 3. The van der Waals surface area contributed by atoms with Crippen molar-refractivity contribution in [2.24, 2.45) is 5.73 Å². The highest BCUT2D eigenvalue weighted by Crippen LogP contribution is 2.40. The van der Waals surface area contributed by atoms with Gasteiger partial charge < -0.3 is 15.8 Å². The molecule has 0 radical (unpaired) electrons. The molecule has 3 aromatic carbocycles. The number of carbonyl (C=O) groups excluding carboxylic acids is 1. The van der Waals surface area contributed by atoms with Gasteiger partial charge in [-0.15, -0.1) is 0 Å². The van der Waals surface area contributed by atoms with E-state index in [0.29, 0.717) is 13.0 Å². The first kappa shape index (κ1) is 37.6. The van der Waals surface area contributed by atoms with Crippen LogP contribution in [0.5, 0.6) is 0 Å². The molecular formula is C37H48N2O2S2. The minimum absolute atomic E-state index is 0.683. The maximum Gasteiger partial charge on any atom is 0.211 e. The van der Waals surface area contributed by atoms with Gasteiger partial charge in [-0.1, -0.05) is 142 Å². The molecule has 0 fully saturated rings. The van der Waals surface area contributed by atoms with Gasteiger partial charge in [0.05, 0.1) is 6.61 Å². The van der Waals surface area contributed by atoms with E-state index in [4.69, 9.17) is 10.5 Å². The number of nitrogens with two attached hydrogens (primary N) is 1. The summed E-state index contributed by atoms with van der Waals surface area (Å²) in [6, 6.07) is 28.1. The van der Waals surface area contributed by atoms with Crippen molar-refractivity contribution in [3.05, 3.63) is 141 Å². The fourth-order valence-corrected chi connectivity index (χ4v) is 5.54. The topological polar surface area (TPSA) is 64.4 Å². The second-order valence-corrected chi connectivity index (χ2v) is 11.9. The van der Waals surface area contributed by atoms with Crippen molar-refractivity contribution in [1.29, 1.82) is 0 Å². The quantitative estimate of drug-likeness (QED) is 0.139. The third-order valence-corrected chi connectivity index (χ3v) is 8.15. The number of rotatable bonds is 14. The molecule has 0 aliphatic carbocycles. The second kappa shape index (κ2) is 23.1. The van der Waals surface area contributed by atoms with Crippen LogP contribution < -0.4 is 11.1 Å². The largest absolute Gasteiger partial charge is 0.401 e. The molecule has 0 spiro atoms. The van der Waals surface area contributed by atoms with Crippen LogP contribution >= 0.6 is 23.5 Å². The van der Waals surface area contributed by atoms with Gasteiger partial charge in [0.2, 0.25) is 6.41 Å². The van der Waals surface area contributed by atoms with E-state index in [9.17, 15) is 4.79 Å². The number of nitrogens with one attached hydrogen (secondary N) is 1. The fourth-order valence-electron chi connectivity index (χ4n) is 3.64. The highest BCUT2D eigenvalue weighted by molar-refractivity contribution is 8.11. The molecule has 0 saturated carbocycles. The molecule has 3 N–H and O–H groups in total. The number of hydrogen-bond acceptors (Lipinski definition) is 5. The van der Waals surface area contributed by atoms with Gasteiger partial charge in [-0.05, 0) is 65.8 Å². The first-order chi connectivity index (χ1) is 20.7. The minimum atomic E-state index is 0.683. The van der Waals surface area contributed by atoms with Crippen LogP contribution in [0.4, 0.5) is 5.69 Å². The Kier molecular flexibility index (Phi) is 20.2. The van der Waals surface area contributed by atoms with E-state index in [1.54, 1.807) is 30.6 Å². The molecule has 1 amide bonds. The Bertz CT molecular complexity index is 1300. The Morgan fingerprint density at radius 1 is 0.930 bits per heavy atom. The molecule has 4 nitrogen and oxygen atoms in total. The van der Waals surface area contributed by atoms with Crippen LogP contribution in [0.15, 0.2) is 124 Å². The molecule has 0 aliphatic heterocycles. The van der Waals surface area contributed by atoms with Gasteiger partial charge in [0, 0.05) is 28.3 Å². The van der Waals surface area contributed by atoms with E-state index in [0.717, 1.165) is 62.9 Å². The van der Waals surface area contributed by atoms with Gasteiger partial charge in [0.15, 0.2) is 0 Å². The molecule has 0 aliphatic rings. The Balaban J connectivity index is 0.000000462. The van der Waals surface area contributed by atoms with Gasteiger partial charge in [0.1, 0.15) is 0 Å². The molecule has 6 heteroatoms. The van der Waals surface area contributed by atoms with Crippen molar-refractivity contribution in [2.45, 2.75) is 60.0 Å². The van der Waals surface area contributed by atoms with Crippen LogP contribution in [0.1, 0.15) is 63.1 Å². The first-order valence-electron chi connectivity index (χ1n) is 14.5. The average molecular weight is 617 g/mol. The number of aryl methyl sites for hydroxylation is 1. The number of thioether (sulfide) groups is 2. The molecular weight excluding hydrogens is 569 g/mol. The van der Waals surface area contributed by atoms with Crippen LogP contribution in [0.3, 0.4) is 0 Å². The average Bonchev–Trinajstić information content (AvgIpc) is 3.01. The molecule has 0 bridgehead atoms. The lowest BCUT2D eigenvalue weighted by Gasteiger charge is -2.14. The number of benzene rings is 3. The van der Waals surface area contributed by atoms with Crippen LogP contribution in [0.2, 0.25) is 0 Å². The molecule has 0 unspecified atom stereocenters. The molecule has 230 valence electrons. The molecule has 0 atom stereocenters. The lowest BCUT2D eigenvalue weighted by molar-refractivity contribution is -0.105. The van der Waals surface area contributed by atoms with E-state index in [1.165, 1.54) is 11.1 Å². The summed E-state index contributed by atoms with van der Waals surface area (Å²) in [6.07, 6.45) is 4.57. The number of carbonyl (C=O) groups is 1. The Morgan fingerprint density at radius 3 is 2.09 bits per heavy atom. The Morgan fingerprint density at radius 2 is 1.56 bits per heavy atom. The van der Waals surface area contributed by atoms with E-state index < -0.39 is 0 Å². The zero-order chi connectivity index (χ0) is 31.9. The SMILES string of the molecule is C=C(CCC)S/C(C(=C)S/C=C(\C)c1cccc(NC=O)c1)=C(/N)CCC.COCc1ccccc1.Cc1ccccc1. The summed E-state index contributed by atoms with van der Waals surface area (Å²) in [5, 5.41) is 4.75. The fraction of sp³-hybridized carbons (Fsp3) is 0.270. The maximum atomic E-state index is 10.6. The second-order valence-electron chi connectivity index (χ2n) is 9.75. The normalized spacial score (nSPS) is 11.1. The van der Waals surface area contributed by atoms with E-state index in [1.807, 2.05) is 79.7 Å². The van der Waals surface area contributed by atoms with Crippen molar-refractivity contribution in [2.75, 3.05) is 12.4 Å². The predicted molar refractivity (Wildman–Crippen MR) is 193 cm³/mol. The summed E-state index contributed by atoms with van der Waals surface area (Å²) in [5.41, 5.74) is 12.7. The number of amides is 1. The molecule has 3 aromatic rings. The summed E-state index contributed by atoms with van der Waals surface area (Å²) in [7, 11) is 1.70. The molecule has 0 saturated heterocycles. The first-order valence-corrected chi connectivity index (χ1v) is 16.2. The van der Waals surface area contributed by atoms with Crippen molar-refractivity contribution in [3.8, 4) is 0 Å². The maximum absolute atomic E-state index is 10.6. The lowest BCUT2D eigenvalue weighted by Crippen LogP contribution is -2.01. The van der Waals surface area contributed by atoms with Crippen molar-refractivity contribution in [1.82, 2.24) is 0 Å². The van der Waals surface area contributed by atoms with Gasteiger partial charge in [-0.2, -0.15) is 0 Å². The van der Waals surface area contributed by atoms with Crippen LogP contribution in [0.25, 0.3) is 5.57 Å². The van der Waals surface area contributed by atoms with Crippen LogP contribution in [0, 0.1) is 6.92 Å². The minimum Gasteiger partial charge on any atom is -0.401 e. The van der Waals surface area contributed by atoms with Gasteiger partial charge in [0.25, 0.3) is 0 Å². The van der Waals surface area contributed by atoms with Crippen LogP contribution in [-0.2, 0) is 16.1 Å². The summed E-state index contributed by atoms with van der Waals surface area (Å²) in [5.74, 6) is 0. The van der Waals surface area contributed by atoms with Crippen LogP contribution in [-0.4, -0.2) is 13.5 Å². The molecule has 0 aromatic heterocycles. The summed E-state index contributed by atoms with van der Waals surface area (Å²) < 4.78 is 4.93. The molecule has 0 heterocycles. The monoisotopic (exact) mass is 616 g/mol. The predicted octanol–water partition coefficient (Wildman–Crippen LogP) is 10.7. The van der Waals surface area contributed by atoms with E-state index in [-0.39, 0.29) is 0 Å². The van der Waals surface area contributed by atoms with Crippen molar-refractivity contribution < 1.29 is 9.53 Å².